The molecule has 0 unspecified atom stereocenters. The Bertz CT molecular complexity index is 665. The van der Waals surface area contributed by atoms with Crippen molar-refractivity contribution in [2.75, 3.05) is 7.11 Å². The Morgan fingerprint density at radius 2 is 2.05 bits per heavy atom. The molecular weight excluding hydrogens is 257 g/mol. The number of benzene rings is 1. The maximum Gasteiger partial charge on any atom is 0.431 e. The average molecular weight is 268 g/mol. The largest absolute Gasteiger partial charge is 0.497 e. The van der Waals surface area contributed by atoms with E-state index in [1.165, 1.54) is 20.2 Å². The number of aryl methyl sites for hydroxylation is 1. The minimum atomic E-state index is -4.49. The molecule has 6 heteroatoms. The summed E-state index contributed by atoms with van der Waals surface area (Å²) in [5.41, 5.74) is -0.359. The second-order valence-electron chi connectivity index (χ2n) is 4.10. The van der Waals surface area contributed by atoms with Crippen LogP contribution in [-0.4, -0.2) is 11.7 Å². The number of halogens is 3. The van der Waals surface area contributed by atoms with Crippen molar-refractivity contribution in [3.05, 3.63) is 29.5 Å². The summed E-state index contributed by atoms with van der Waals surface area (Å²) in [7, 11) is 2.79. The highest BCUT2D eigenvalue weighted by atomic mass is 19.4. The van der Waals surface area contributed by atoms with Crippen molar-refractivity contribution in [3.63, 3.8) is 0 Å². The summed E-state index contributed by atoms with van der Waals surface area (Å²) in [5, 5.41) is 9.15. The fraction of sp³-hybridized carbons (Fsp3) is 0.308. The predicted molar refractivity (Wildman–Crippen MR) is 63.8 cm³/mol. The van der Waals surface area contributed by atoms with Crippen LogP contribution in [0.15, 0.2) is 18.2 Å². The van der Waals surface area contributed by atoms with E-state index in [0.717, 1.165) is 4.57 Å². The number of nitriles is 1. The van der Waals surface area contributed by atoms with E-state index in [1.54, 1.807) is 18.2 Å². The van der Waals surface area contributed by atoms with Crippen LogP contribution in [0.3, 0.4) is 0 Å². The van der Waals surface area contributed by atoms with Gasteiger partial charge in [0.2, 0.25) is 0 Å². The fourth-order valence-electron chi connectivity index (χ4n) is 2.25. The Hall–Kier alpha value is -2.16. The van der Waals surface area contributed by atoms with Gasteiger partial charge in [0.1, 0.15) is 11.4 Å². The number of nitrogens with zero attached hydrogens (tertiary/aromatic N) is 2. The highest BCUT2D eigenvalue weighted by Crippen LogP contribution is 2.38. The van der Waals surface area contributed by atoms with E-state index in [1.807, 2.05) is 0 Å². The van der Waals surface area contributed by atoms with Crippen LogP contribution in [0.25, 0.3) is 10.9 Å². The van der Waals surface area contributed by atoms with Gasteiger partial charge in [0.05, 0.1) is 19.6 Å². The number of methoxy groups -OCH3 is 1. The smallest absolute Gasteiger partial charge is 0.431 e. The average Bonchev–Trinajstić information content (AvgIpc) is 2.62. The van der Waals surface area contributed by atoms with Gasteiger partial charge in [0, 0.05) is 23.5 Å². The molecule has 0 aliphatic rings. The normalized spacial score (nSPS) is 11.6. The van der Waals surface area contributed by atoms with E-state index in [2.05, 4.69) is 0 Å². The van der Waals surface area contributed by atoms with Gasteiger partial charge < -0.3 is 9.30 Å². The first-order valence-corrected chi connectivity index (χ1v) is 5.49. The molecule has 0 amide bonds. The summed E-state index contributed by atoms with van der Waals surface area (Å²) in [6, 6.07) is 6.47. The third-order valence-electron chi connectivity index (χ3n) is 3.04. The molecule has 2 rings (SSSR count). The summed E-state index contributed by atoms with van der Waals surface area (Å²) >= 11 is 0. The molecule has 0 spiro atoms. The molecule has 100 valence electrons. The molecule has 0 saturated heterocycles. The van der Waals surface area contributed by atoms with Gasteiger partial charge in [-0.25, -0.2) is 0 Å². The molecule has 0 radical (unpaired) electrons. The number of alkyl halides is 3. The molecule has 1 aromatic carbocycles. The van der Waals surface area contributed by atoms with Crippen LogP contribution in [-0.2, 0) is 19.6 Å². The van der Waals surface area contributed by atoms with Crippen molar-refractivity contribution < 1.29 is 17.9 Å². The number of ether oxygens (including phenoxy) is 1. The Morgan fingerprint density at radius 3 is 2.58 bits per heavy atom. The SMILES string of the molecule is COc1ccc2c(c1)c(CC#N)c(C(F)(F)F)n2C. The zero-order valence-corrected chi connectivity index (χ0v) is 10.4. The van der Waals surface area contributed by atoms with Crippen LogP contribution in [0.2, 0.25) is 0 Å². The molecule has 0 saturated carbocycles. The maximum absolute atomic E-state index is 13.1. The quantitative estimate of drug-likeness (QED) is 0.838. The van der Waals surface area contributed by atoms with Crippen molar-refractivity contribution in [2.24, 2.45) is 7.05 Å². The number of hydrogen-bond acceptors (Lipinski definition) is 2. The lowest BCUT2D eigenvalue weighted by Gasteiger charge is -2.09. The van der Waals surface area contributed by atoms with Crippen LogP contribution >= 0.6 is 0 Å². The van der Waals surface area contributed by atoms with Gasteiger partial charge in [-0.3, -0.25) is 0 Å². The van der Waals surface area contributed by atoms with Gasteiger partial charge in [-0.1, -0.05) is 0 Å². The molecule has 0 fully saturated rings. The summed E-state index contributed by atoms with van der Waals surface area (Å²) in [6.45, 7) is 0. The standard InChI is InChI=1S/C13H11F3N2O/c1-18-11-4-3-8(19-2)7-10(11)9(5-6-17)12(18)13(14,15)16/h3-4,7H,5H2,1-2H3. The molecule has 19 heavy (non-hydrogen) atoms. The Labute approximate surface area is 107 Å². The molecular formula is C13H11F3N2O. The minimum absolute atomic E-state index is 0.00796. The van der Waals surface area contributed by atoms with Gasteiger partial charge in [-0.2, -0.15) is 18.4 Å². The predicted octanol–water partition coefficient (Wildman–Crippen LogP) is 3.27. The van der Waals surface area contributed by atoms with Gasteiger partial charge in [-0.15, -0.1) is 0 Å². The first-order chi connectivity index (χ1) is 8.90. The van der Waals surface area contributed by atoms with Crippen LogP contribution in [0.4, 0.5) is 13.2 Å². The minimum Gasteiger partial charge on any atom is -0.497 e. The second-order valence-corrected chi connectivity index (χ2v) is 4.10. The molecule has 1 aromatic heterocycles. The molecule has 0 aliphatic carbocycles. The Kier molecular flexibility index (Phi) is 3.14. The topological polar surface area (TPSA) is 37.9 Å². The van der Waals surface area contributed by atoms with Crippen molar-refractivity contribution in [1.82, 2.24) is 4.57 Å². The zero-order chi connectivity index (χ0) is 14.2. The van der Waals surface area contributed by atoms with E-state index in [0.29, 0.717) is 16.7 Å². The number of fused-ring (bicyclic) bond motifs is 1. The first kappa shape index (κ1) is 13.3. The Morgan fingerprint density at radius 1 is 1.37 bits per heavy atom. The van der Waals surface area contributed by atoms with Crippen LogP contribution in [0, 0.1) is 11.3 Å². The lowest BCUT2D eigenvalue weighted by molar-refractivity contribution is -0.143. The number of aromatic nitrogens is 1. The van der Waals surface area contributed by atoms with E-state index in [4.69, 9.17) is 10.00 Å². The summed E-state index contributed by atoms with van der Waals surface area (Å²) < 4.78 is 45.4. The zero-order valence-electron chi connectivity index (χ0n) is 10.4. The molecule has 0 aliphatic heterocycles. The molecule has 1 heterocycles. The first-order valence-electron chi connectivity index (χ1n) is 5.49. The number of hydrogen-bond donors (Lipinski definition) is 0. The van der Waals surface area contributed by atoms with Gasteiger partial charge in [-0.05, 0) is 18.2 Å². The summed E-state index contributed by atoms with van der Waals surface area (Å²) in [4.78, 5) is 0. The van der Waals surface area contributed by atoms with Crippen molar-refractivity contribution >= 4 is 10.9 Å². The van der Waals surface area contributed by atoms with Crippen molar-refractivity contribution in [2.45, 2.75) is 12.6 Å². The van der Waals surface area contributed by atoms with Gasteiger partial charge >= 0.3 is 6.18 Å². The van der Waals surface area contributed by atoms with E-state index >= 15 is 0 Å². The van der Waals surface area contributed by atoms with E-state index < -0.39 is 11.9 Å². The monoisotopic (exact) mass is 268 g/mol. The molecule has 0 atom stereocenters. The Balaban J connectivity index is 2.85. The van der Waals surface area contributed by atoms with E-state index in [9.17, 15) is 13.2 Å². The lowest BCUT2D eigenvalue weighted by atomic mass is 10.1. The molecule has 0 bridgehead atoms. The third-order valence-corrected chi connectivity index (χ3v) is 3.04. The van der Waals surface area contributed by atoms with Crippen LogP contribution in [0.1, 0.15) is 11.3 Å². The molecule has 0 N–H and O–H groups in total. The third kappa shape index (κ3) is 2.12. The highest BCUT2D eigenvalue weighted by Gasteiger charge is 2.38. The van der Waals surface area contributed by atoms with Gasteiger partial charge in [0.15, 0.2) is 0 Å². The van der Waals surface area contributed by atoms with Gasteiger partial charge in [0.25, 0.3) is 0 Å². The summed E-state index contributed by atoms with van der Waals surface area (Å²) in [5.74, 6) is 0.464. The highest BCUT2D eigenvalue weighted by molar-refractivity contribution is 5.87. The number of rotatable bonds is 2. The lowest BCUT2D eigenvalue weighted by Crippen LogP contribution is -2.13. The summed E-state index contributed by atoms with van der Waals surface area (Å²) in [6.07, 6.45) is -4.79. The second kappa shape index (κ2) is 4.50. The molecule has 2 aromatic rings. The van der Waals surface area contributed by atoms with Crippen LogP contribution < -0.4 is 4.74 Å². The van der Waals surface area contributed by atoms with E-state index in [-0.39, 0.29) is 12.0 Å². The molecule has 3 nitrogen and oxygen atoms in total. The van der Waals surface area contributed by atoms with Crippen LogP contribution in [0.5, 0.6) is 5.75 Å². The fourth-order valence-corrected chi connectivity index (χ4v) is 2.25. The maximum atomic E-state index is 13.1. The van der Waals surface area contributed by atoms with Crippen molar-refractivity contribution in [3.8, 4) is 11.8 Å². The van der Waals surface area contributed by atoms with Crippen molar-refractivity contribution in [1.29, 1.82) is 5.26 Å².